The van der Waals surface area contributed by atoms with Crippen LogP contribution in [0.5, 0.6) is 0 Å². The van der Waals surface area contributed by atoms with Crippen LogP contribution in [0.1, 0.15) is 11.4 Å². The molecule has 0 amide bonds. The molecule has 0 spiro atoms. The van der Waals surface area contributed by atoms with E-state index in [4.69, 9.17) is 0 Å². The van der Waals surface area contributed by atoms with Gasteiger partial charge >= 0.3 is 0 Å². The predicted octanol–water partition coefficient (Wildman–Crippen LogP) is 4.69. The van der Waals surface area contributed by atoms with Gasteiger partial charge in [0.15, 0.2) is 5.82 Å². The van der Waals surface area contributed by atoms with Crippen LogP contribution in [0.4, 0.5) is 8.78 Å². The monoisotopic (exact) mass is 554 g/mol. The number of aromatic nitrogens is 4. The van der Waals surface area contributed by atoms with E-state index in [0.717, 1.165) is 17.1 Å². The fraction of sp³-hybridized carbons (Fsp3) is 0.0952. The van der Waals surface area contributed by atoms with E-state index in [1.54, 1.807) is 18.2 Å². The second-order valence-corrected chi connectivity index (χ2v) is 6.17. The molecule has 7 heteroatoms. The minimum atomic E-state index is -0.378. The Bertz CT molecular complexity index is 1040. The largest absolute Gasteiger partial charge is 0.314 e. The molecule has 0 aliphatic carbocycles. The van der Waals surface area contributed by atoms with Gasteiger partial charge in [0, 0.05) is 37.2 Å². The molecule has 143 valence electrons. The number of aryl methyl sites for hydroxylation is 2. The van der Waals surface area contributed by atoms with E-state index in [0.29, 0.717) is 22.8 Å². The molecule has 2 aromatic heterocycles. The summed E-state index contributed by atoms with van der Waals surface area (Å²) in [6.45, 7) is 3.81. The molecule has 0 unspecified atom stereocenters. The third-order valence-electron chi connectivity index (χ3n) is 4.22. The van der Waals surface area contributed by atoms with Gasteiger partial charge in [0.05, 0.1) is 17.2 Å². The van der Waals surface area contributed by atoms with Crippen molar-refractivity contribution < 1.29 is 28.9 Å². The molecule has 4 nitrogen and oxygen atoms in total. The SMILES string of the molecule is Cc1ccc(-n2c(-c3[c-]cc(F)cc3)nnc2-c2ccc(F)cc2)c(C)n1.[Ir]. The molecule has 4 aromatic rings. The molecule has 0 atom stereocenters. The van der Waals surface area contributed by atoms with Crippen LogP contribution in [0.2, 0.25) is 0 Å². The van der Waals surface area contributed by atoms with Crippen LogP contribution in [0.15, 0.2) is 54.6 Å². The molecular formula is C21H15F2IrN4-. The molecule has 1 radical (unpaired) electrons. The van der Waals surface area contributed by atoms with Gasteiger partial charge in [-0.2, -0.15) is 5.10 Å². The number of nitrogens with zero attached hydrogens (tertiary/aromatic N) is 4. The summed E-state index contributed by atoms with van der Waals surface area (Å²) in [6.07, 6.45) is 0. The Kier molecular flexibility index (Phi) is 5.77. The van der Waals surface area contributed by atoms with Gasteiger partial charge in [-0.25, -0.2) is 4.39 Å². The fourth-order valence-electron chi connectivity index (χ4n) is 2.93. The first kappa shape index (κ1) is 20.0. The van der Waals surface area contributed by atoms with Crippen molar-refractivity contribution in [2.24, 2.45) is 0 Å². The van der Waals surface area contributed by atoms with Crippen molar-refractivity contribution in [3.05, 3.63) is 83.7 Å². The summed E-state index contributed by atoms with van der Waals surface area (Å²) in [5, 5.41) is 8.60. The van der Waals surface area contributed by atoms with E-state index < -0.39 is 0 Å². The molecule has 0 fully saturated rings. The van der Waals surface area contributed by atoms with Crippen LogP contribution < -0.4 is 0 Å². The third-order valence-corrected chi connectivity index (χ3v) is 4.22. The normalized spacial score (nSPS) is 10.6. The second kappa shape index (κ2) is 8.08. The Labute approximate surface area is 174 Å². The van der Waals surface area contributed by atoms with Crippen LogP contribution >= 0.6 is 0 Å². The molecule has 2 heterocycles. The van der Waals surface area contributed by atoms with Gasteiger partial charge in [0.1, 0.15) is 5.82 Å². The Morgan fingerprint density at radius 3 is 2.14 bits per heavy atom. The van der Waals surface area contributed by atoms with Crippen molar-refractivity contribution in [2.45, 2.75) is 13.8 Å². The van der Waals surface area contributed by atoms with Crippen LogP contribution in [0.3, 0.4) is 0 Å². The first-order chi connectivity index (χ1) is 13.0. The standard InChI is InChI=1S/C21H15F2N4.Ir/c1-13-3-12-19(14(2)24-13)27-20(15-4-8-17(22)9-5-15)25-26-21(27)16-6-10-18(23)11-7-16;/h3-6,8-12H,1-2H3;/q-1;. The van der Waals surface area contributed by atoms with Crippen molar-refractivity contribution in [2.75, 3.05) is 0 Å². The molecular weight excluding hydrogens is 538 g/mol. The van der Waals surface area contributed by atoms with Gasteiger partial charge in [-0.1, -0.05) is 0 Å². The zero-order valence-corrected chi connectivity index (χ0v) is 17.5. The summed E-state index contributed by atoms with van der Waals surface area (Å²) in [5.74, 6) is 0.335. The van der Waals surface area contributed by atoms with Crippen LogP contribution in [-0.2, 0) is 20.1 Å². The number of pyridine rings is 1. The van der Waals surface area contributed by atoms with Crippen molar-refractivity contribution in [1.82, 2.24) is 19.7 Å². The maximum Gasteiger partial charge on any atom is 0.159 e. The van der Waals surface area contributed by atoms with Crippen molar-refractivity contribution in [1.29, 1.82) is 0 Å². The Balaban J connectivity index is 0.00000225. The quantitative estimate of drug-likeness (QED) is 0.346. The Morgan fingerprint density at radius 1 is 0.821 bits per heavy atom. The summed E-state index contributed by atoms with van der Waals surface area (Å²) in [5.41, 5.74) is 3.77. The zero-order valence-electron chi connectivity index (χ0n) is 15.1. The molecule has 0 saturated heterocycles. The van der Waals surface area contributed by atoms with E-state index >= 15 is 0 Å². The summed E-state index contributed by atoms with van der Waals surface area (Å²) < 4.78 is 28.5. The third kappa shape index (κ3) is 3.77. The van der Waals surface area contributed by atoms with Gasteiger partial charge < -0.3 is 4.57 Å². The van der Waals surface area contributed by atoms with Crippen molar-refractivity contribution in [3.63, 3.8) is 0 Å². The molecule has 28 heavy (non-hydrogen) atoms. The van der Waals surface area contributed by atoms with E-state index in [9.17, 15) is 8.78 Å². The van der Waals surface area contributed by atoms with Gasteiger partial charge in [-0.3, -0.25) is 9.37 Å². The number of rotatable bonds is 3. The summed E-state index contributed by atoms with van der Waals surface area (Å²) in [7, 11) is 0. The second-order valence-electron chi connectivity index (χ2n) is 6.17. The van der Waals surface area contributed by atoms with Crippen LogP contribution in [0, 0.1) is 31.5 Å². The predicted molar refractivity (Wildman–Crippen MR) is 98.3 cm³/mol. The number of hydrogen-bond acceptors (Lipinski definition) is 3. The van der Waals surface area contributed by atoms with Crippen LogP contribution in [0.25, 0.3) is 28.5 Å². The average molecular weight is 554 g/mol. The van der Waals surface area contributed by atoms with Crippen LogP contribution in [-0.4, -0.2) is 19.7 Å². The molecule has 0 bridgehead atoms. The van der Waals surface area contributed by atoms with Crippen molar-refractivity contribution >= 4 is 0 Å². The number of hydrogen-bond donors (Lipinski definition) is 0. The summed E-state index contributed by atoms with van der Waals surface area (Å²) in [4.78, 5) is 4.52. The summed E-state index contributed by atoms with van der Waals surface area (Å²) >= 11 is 0. The van der Waals surface area contributed by atoms with Gasteiger partial charge in [-0.15, -0.1) is 34.9 Å². The maximum atomic E-state index is 13.3. The molecule has 0 aliphatic heterocycles. The molecule has 2 aromatic carbocycles. The van der Waals surface area contributed by atoms with E-state index in [2.05, 4.69) is 21.2 Å². The Morgan fingerprint density at radius 2 is 1.50 bits per heavy atom. The number of benzene rings is 2. The summed E-state index contributed by atoms with van der Waals surface area (Å²) in [6, 6.07) is 17.0. The smallest absolute Gasteiger partial charge is 0.159 e. The molecule has 0 saturated carbocycles. The number of halogens is 2. The maximum absolute atomic E-state index is 13.3. The minimum Gasteiger partial charge on any atom is -0.314 e. The van der Waals surface area contributed by atoms with E-state index in [-0.39, 0.29) is 31.7 Å². The Hall–Kier alpha value is -2.76. The fourth-order valence-corrected chi connectivity index (χ4v) is 2.93. The van der Waals surface area contributed by atoms with Crippen molar-refractivity contribution in [3.8, 4) is 28.5 Å². The topological polar surface area (TPSA) is 43.6 Å². The van der Waals surface area contributed by atoms with Gasteiger partial charge in [-0.05, 0) is 50.2 Å². The van der Waals surface area contributed by atoms with Gasteiger partial charge in [0.2, 0.25) is 0 Å². The molecule has 4 rings (SSSR count). The van der Waals surface area contributed by atoms with E-state index in [1.807, 2.05) is 30.5 Å². The zero-order chi connectivity index (χ0) is 19.0. The van der Waals surface area contributed by atoms with Gasteiger partial charge in [0.25, 0.3) is 0 Å². The first-order valence-corrected chi connectivity index (χ1v) is 8.36. The first-order valence-electron chi connectivity index (χ1n) is 8.36. The molecule has 0 N–H and O–H groups in total. The average Bonchev–Trinajstić information content (AvgIpc) is 3.08. The van der Waals surface area contributed by atoms with E-state index in [1.165, 1.54) is 24.3 Å². The minimum absolute atomic E-state index is 0. The molecule has 0 aliphatic rings.